The van der Waals surface area contributed by atoms with Crippen molar-refractivity contribution in [2.75, 3.05) is 38.6 Å². The van der Waals surface area contributed by atoms with Crippen LogP contribution >= 0.6 is 15.9 Å². The molecule has 1 aliphatic rings. The van der Waals surface area contributed by atoms with Gasteiger partial charge in [-0.25, -0.2) is 0 Å². The molecule has 1 N–H and O–H groups in total. The molecule has 4 nitrogen and oxygen atoms in total. The van der Waals surface area contributed by atoms with Crippen LogP contribution in [0.1, 0.15) is 0 Å². The summed E-state index contributed by atoms with van der Waals surface area (Å²) in [7, 11) is 3.94. The number of amides is 1. The van der Waals surface area contributed by atoms with E-state index < -0.39 is 0 Å². The van der Waals surface area contributed by atoms with Crippen LogP contribution in [0.4, 0.5) is 5.69 Å². The summed E-state index contributed by atoms with van der Waals surface area (Å²) < 4.78 is 1.03. The first-order valence-corrected chi connectivity index (χ1v) is 6.82. The summed E-state index contributed by atoms with van der Waals surface area (Å²) in [5, 5.41) is 3.18. The third-order valence-electron chi connectivity index (χ3n) is 3.28. The van der Waals surface area contributed by atoms with E-state index in [2.05, 4.69) is 26.1 Å². The zero-order valence-corrected chi connectivity index (χ0v) is 12.3. The van der Waals surface area contributed by atoms with Crippen molar-refractivity contribution >= 4 is 27.5 Å². The van der Waals surface area contributed by atoms with Crippen LogP contribution in [0.25, 0.3) is 0 Å². The van der Waals surface area contributed by atoms with Gasteiger partial charge in [-0.15, -0.1) is 0 Å². The number of piperazine rings is 1. The molecular formula is C13H18BrN3O. The molecule has 2 rings (SSSR count). The summed E-state index contributed by atoms with van der Waals surface area (Å²) in [6, 6.07) is 8.24. The van der Waals surface area contributed by atoms with Crippen molar-refractivity contribution in [3.05, 3.63) is 28.7 Å². The van der Waals surface area contributed by atoms with Crippen LogP contribution in [0.2, 0.25) is 0 Å². The van der Waals surface area contributed by atoms with E-state index in [0.29, 0.717) is 12.6 Å². The predicted molar refractivity (Wildman–Crippen MR) is 76.8 cm³/mol. The molecule has 1 unspecified atom stereocenters. The van der Waals surface area contributed by atoms with Crippen LogP contribution in [-0.2, 0) is 4.79 Å². The maximum Gasteiger partial charge on any atom is 0.241 e. The maximum absolute atomic E-state index is 12.1. The largest absolute Gasteiger partial charge is 0.318 e. The Bertz CT molecular complexity index is 421. The normalized spacial score (nSPS) is 21.4. The van der Waals surface area contributed by atoms with Crippen LogP contribution in [0.3, 0.4) is 0 Å². The van der Waals surface area contributed by atoms with Gasteiger partial charge in [-0.05, 0) is 38.4 Å². The van der Waals surface area contributed by atoms with Gasteiger partial charge >= 0.3 is 0 Å². The van der Waals surface area contributed by atoms with Crippen molar-refractivity contribution in [2.45, 2.75) is 6.04 Å². The predicted octanol–water partition coefficient (Wildman–Crippen LogP) is 1.32. The van der Waals surface area contributed by atoms with Crippen molar-refractivity contribution in [1.29, 1.82) is 0 Å². The molecule has 18 heavy (non-hydrogen) atoms. The third-order valence-corrected chi connectivity index (χ3v) is 3.81. The summed E-state index contributed by atoms with van der Waals surface area (Å²) in [5.74, 6) is 0.159. The van der Waals surface area contributed by atoms with E-state index in [1.807, 2.05) is 43.3 Å². The quantitative estimate of drug-likeness (QED) is 0.914. The lowest BCUT2D eigenvalue weighted by atomic mass is 10.1. The Hall–Kier alpha value is -0.910. The zero-order chi connectivity index (χ0) is 13.1. The summed E-state index contributed by atoms with van der Waals surface area (Å²) in [4.78, 5) is 16.1. The highest BCUT2D eigenvalue weighted by Crippen LogP contribution is 2.21. The summed E-state index contributed by atoms with van der Waals surface area (Å²) in [5.41, 5.74) is 0.970. The van der Waals surface area contributed by atoms with Crippen LogP contribution in [-0.4, -0.2) is 50.6 Å². The molecule has 0 radical (unpaired) electrons. The third kappa shape index (κ3) is 2.91. The highest BCUT2D eigenvalue weighted by atomic mass is 79.9. The Kier molecular flexibility index (Phi) is 4.37. The van der Waals surface area contributed by atoms with Crippen LogP contribution < -0.4 is 10.2 Å². The van der Waals surface area contributed by atoms with Gasteiger partial charge in [0.1, 0.15) is 0 Å². The number of anilines is 1. The lowest BCUT2D eigenvalue weighted by molar-refractivity contribution is -0.121. The van der Waals surface area contributed by atoms with E-state index in [0.717, 1.165) is 23.2 Å². The molecule has 1 saturated heterocycles. The van der Waals surface area contributed by atoms with E-state index in [-0.39, 0.29) is 5.91 Å². The average molecular weight is 312 g/mol. The van der Waals surface area contributed by atoms with Crippen LogP contribution in [0.5, 0.6) is 0 Å². The number of hydrogen-bond acceptors (Lipinski definition) is 3. The molecule has 0 spiro atoms. The van der Waals surface area contributed by atoms with Gasteiger partial charge < -0.3 is 10.2 Å². The number of carbonyl (C=O) groups excluding carboxylic acids is 1. The van der Waals surface area contributed by atoms with Gasteiger partial charge in [0.05, 0.1) is 6.54 Å². The molecule has 1 atom stereocenters. The Balaban J connectivity index is 2.16. The monoisotopic (exact) mass is 311 g/mol. The minimum Gasteiger partial charge on any atom is -0.318 e. The van der Waals surface area contributed by atoms with E-state index in [4.69, 9.17) is 0 Å². The number of rotatable bonds is 3. The zero-order valence-electron chi connectivity index (χ0n) is 10.7. The standard InChI is InChI=1S/C13H18BrN3O/c1-15-7-12-8-17(13(18)9-16(12)2)11-5-3-10(14)4-6-11/h3-6,12,15H,7-9H2,1-2H3. The number of hydrogen-bond donors (Lipinski definition) is 1. The van der Waals surface area contributed by atoms with Crippen molar-refractivity contribution in [2.24, 2.45) is 0 Å². The van der Waals surface area contributed by atoms with Gasteiger partial charge in [0.25, 0.3) is 0 Å². The van der Waals surface area contributed by atoms with Gasteiger partial charge in [-0.2, -0.15) is 0 Å². The molecule has 0 aromatic heterocycles. The lowest BCUT2D eigenvalue weighted by Gasteiger charge is -2.39. The van der Waals surface area contributed by atoms with Crippen molar-refractivity contribution in [1.82, 2.24) is 10.2 Å². The van der Waals surface area contributed by atoms with E-state index >= 15 is 0 Å². The molecule has 0 saturated carbocycles. The van der Waals surface area contributed by atoms with Crippen molar-refractivity contribution in [3.63, 3.8) is 0 Å². The number of likely N-dealkylation sites (N-methyl/N-ethyl adjacent to an activating group) is 2. The topological polar surface area (TPSA) is 35.6 Å². The molecule has 98 valence electrons. The second-order valence-corrected chi connectivity index (χ2v) is 5.52. The minimum atomic E-state index is 0.159. The molecule has 1 amide bonds. The molecular weight excluding hydrogens is 294 g/mol. The smallest absolute Gasteiger partial charge is 0.241 e. The molecule has 1 aromatic rings. The molecule has 0 bridgehead atoms. The van der Waals surface area contributed by atoms with Gasteiger partial charge in [-0.3, -0.25) is 9.69 Å². The van der Waals surface area contributed by atoms with Gasteiger partial charge in [-0.1, -0.05) is 15.9 Å². The van der Waals surface area contributed by atoms with Gasteiger partial charge in [0.2, 0.25) is 5.91 Å². The van der Waals surface area contributed by atoms with Gasteiger partial charge in [0, 0.05) is 29.3 Å². The minimum absolute atomic E-state index is 0.159. The Morgan fingerprint density at radius 3 is 2.67 bits per heavy atom. The fourth-order valence-electron chi connectivity index (χ4n) is 2.21. The molecule has 5 heteroatoms. The number of nitrogens with zero attached hydrogens (tertiary/aromatic N) is 2. The summed E-state index contributed by atoms with van der Waals surface area (Å²) >= 11 is 3.41. The summed E-state index contributed by atoms with van der Waals surface area (Å²) in [6.45, 7) is 2.09. The Morgan fingerprint density at radius 2 is 2.06 bits per heavy atom. The first-order chi connectivity index (χ1) is 8.61. The number of halogens is 1. The first-order valence-electron chi connectivity index (χ1n) is 6.02. The fraction of sp³-hybridized carbons (Fsp3) is 0.462. The Morgan fingerprint density at radius 1 is 1.39 bits per heavy atom. The number of nitrogens with one attached hydrogen (secondary N) is 1. The van der Waals surface area contributed by atoms with E-state index in [9.17, 15) is 4.79 Å². The van der Waals surface area contributed by atoms with E-state index in [1.54, 1.807) is 0 Å². The highest BCUT2D eigenvalue weighted by Gasteiger charge is 2.29. The molecule has 1 aliphatic heterocycles. The molecule has 0 aliphatic carbocycles. The van der Waals surface area contributed by atoms with Crippen LogP contribution in [0.15, 0.2) is 28.7 Å². The lowest BCUT2D eigenvalue weighted by Crippen LogP contribution is -2.57. The summed E-state index contributed by atoms with van der Waals surface area (Å²) in [6.07, 6.45) is 0. The van der Waals surface area contributed by atoms with E-state index in [1.165, 1.54) is 0 Å². The fourth-order valence-corrected chi connectivity index (χ4v) is 2.47. The highest BCUT2D eigenvalue weighted by molar-refractivity contribution is 9.10. The first kappa shape index (κ1) is 13.5. The molecule has 1 heterocycles. The number of benzene rings is 1. The molecule has 1 aromatic carbocycles. The van der Waals surface area contributed by atoms with Crippen LogP contribution in [0, 0.1) is 0 Å². The second-order valence-electron chi connectivity index (χ2n) is 4.61. The maximum atomic E-state index is 12.1. The molecule has 1 fully saturated rings. The van der Waals surface area contributed by atoms with Gasteiger partial charge in [0.15, 0.2) is 0 Å². The SMILES string of the molecule is CNCC1CN(c2ccc(Br)cc2)C(=O)CN1C. The van der Waals surface area contributed by atoms with Crippen molar-refractivity contribution in [3.8, 4) is 0 Å². The Labute approximate surface area is 116 Å². The van der Waals surface area contributed by atoms with Crippen molar-refractivity contribution < 1.29 is 4.79 Å². The number of carbonyl (C=O) groups is 1. The second kappa shape index (κ2) is 5.82. The average Bonchev–Trinajstić information content (AvgIpc) is 2.34.